The van der Waals surface area contributed by atoms with Gasteiger partial charge in [0.1, 0.15) is 0 Å². The molecular formula is C18H19NO. The zero-order chi connectivity index (χ0) is 14.3. The summed E-state index contributed by atoms with van der Waals surface area (Å²) in [5, 5.41) is 0. The van der Waals surface area contributed by atoms with Gasteiger partial charge in [0.05, 0.1) is 0 Å². The van der Waals surface area contributed by atoms with Crippen LogP contribution in [0, 0.1) is 0 Å². The Hall–Kier alpha value is -1.96. The summed E-state index contributed by atoms with van der Waals surface area (Å²) >= 11 is 0. The standard InChI is InChI=1S/C18H19NO/c1-18(2,3)14-4-5-15-13(9-14)10-17(20)16(15)8-12-6-7-19-11-12/h4-5,7-9,11H,6,10H2,1-3H3/b16-8-. The Kier molecular flexibility index (Phi) is 2.97. The lowest BCUT2D eigenvalue weighted by atomic mass is 9.85. The summed E-state index contributed by atoms with van der Waals surface area (Å²) < 4.78 is 0. The number of nitrogens with zero attached hydrogens (tertiary/aromatic N) is 1. The van der Waals surface area contributed by atoms with Gasteiger partial charge in [-0.2, -0.15) is 0 Å². The number of Topliss-reactive ketones (excluding diaryl/α,β-unsaturated/α-hetero) is 1. The average Bonchev–Trinajstić information content (AvgIpc) is 2.97. The molecule has 102 valence electrons. The first-order valence-electron chi connectivity index (χ1n) is 7.04. The van der Waals surface area contributed by atoms with Crippen molar-refractivity contribution in [3.05, 3.63) is 52.7 Å². The van der Waals surface area contributed by atoms with Gasteiger partial charge in [-0.1, -0.05) is 39.0 Å². The Balaban J connectivity index is 2.01. The normalized spacial score (nSPS) is 19.6. The third-order valence-corrected chi connectivity index (χ3v) is 3.92. The van der Waals surface area contributed by atoms with Crippen LogP contribution in [-0.4, -0.2) is 12.0 Å². The van der Waals surface area contributed by atoms with Crippen LogP contribution in [0.5, 0.6) is 0 Å². The molecule has 0 aromatic heterocycles. The first-order chi connectivity index (χ1) is 9.45. The zero-order valence-electron chi connectivity index (χ0n) is 12.2. The van der Waals surface area contributed by atoms with E-state index in [9.17, 15) is 4.79 Å². The van der Waals surface area contributed by atoms with Crippen LogP contribution in [0.1, 0.15) is 43.9 Å². The molecule has 2 heteroatoms. The average molecular weight is 265 g/mol. The van der Waals surface area contributed by atoms with Gasteiger partial charge in [-0.25, -0.2) is 0 Å². The van der Waals surface area contributed by atoms with E-state index in [2.05, 4.69) is 44.0 Å². The number of hydrogen-bond donors (Lipinski definition) is 0. The molecular weight excluding hydrogens is 246 g/mol. The van der Waals surface area contributed by atoms with Gasteiger partial charge in [0.2, 0.25) is 0 Å². The quantitative estimate of drug-likeness (QED) is 0.709. The predicted octanol–water partition coefficient (Wildman–Crippen LogP) is 3.85. The van der Waals surface area contributed by atoms with Crippen molar-refractivity contribution in [1.29, 1.82) is 0 Å². The fraction of sp³-hybridized carbons (Fsp3) is 0.333. The molecule has 3 rings (SSSR count). The van der Waals surface area contributed by atoms with Gasteiger partial charge in [0.15, 0.2) is 5.78 Å². The van der Waals surface area contributed by atoms with Crippen molar-refractivity contribution in [3.63, 3.8) is 0 Å². The Morgan fingerprint density at radius 2 is 2.05 bits per heavy atom. The van der Waals surface area contributed by atoms with E-state index in [0.717, 1.165) is 28.7 Å². The number of aliphatic imine (C=N–C) groups is 1. The smallest absolute Gasteiger partial charge is 0.167 e. The second kappa shape index (κ2) is 4.55. The summed E-state index contributed by atoms with van der Waals surface area (Å²) in [6.45, 7) is 6.59. The Bertz CT molecular complexity index is 669. The van der Waals surface area contributed by atoms with Crippen molar-refractivity contribution in [2.75, 3.05) is 0 Å². The third kappa shape index (κ3) is 2.26. The molecule has 1 heterocycles. The van der Waals surface area contributed by atoms with E-state index in [4.69, 9.17) is 0 Å². The van der Waals surface area contributed by atoms with Gasteiger partial charge in [0.25, 0.3) is 0 Å². The van der Waals surface area contributed by atoms with Crippen molar-refractivity contribution in [2.45, 2.75) is 39.0 Å². The second-order valence-corrected chi connectivity index (χ2v) is 6.52. The molecule has 0 atom stereocenters. The van der Waals surface area contributed by atoms with Crippen LogP contribution >= 0.6 is 0 Å². The summed E-state index contributed by atoms with van der Waals surface area (Å²) in [7, 11) is 0. The highest BCUT2D eigenvalue weighted by atomic mass is 16.1. The van der Waals surface area contributed by atoms with Crippen molar-refractivity contribution in [3.8, 4) is 0 Å². The molecule has 1 aromatic rings. The first-order valence-corrected chi connectivity index (χ1v) is 7.04. The van der Waals surface area contributed by atoms with Crippen molar-refractivity contribution >= 4 is 17.6 Å². The van der Waals surface area contributed by atoms with Gasteiger partial charge < -0.3 is 0 Å². The topological polar surface area (TPSA) is 29.4 Å². The molecule has 2 nitrogen and oxygen atoms in total. The molecule has 0 N–H and O–H groups in total. The van der Waals surface area contributed by atoms with E-state index >= 15 is 0 Å². The van der Waals surface area contributed by atoms with Gasteiger partial charge in [-0.15, -0.1) is 0 Å². The number of ketones is 1. The monoisotopic (exact) mass is 265 g/mol. The first kappa shape index (κ1) is 13.0. The minimum absolute atomic E-state index is 0.117. The molecule has 2 aliphatic rings. The minimum Gasteiger partial charge on any atom is -0.294 e. The number of carbonyl (C=O) groups is 1. The van der Waals surface area contributed by atoms with E-state index < -0.39 is 0 Å². The van der Waals surface area contributed by atoms with Crippen LogP contribution in [0.15, 0.2) is 41.0 Å². The van der Waals surface area contributed by atoms with Gasteiger partial charge in [-0.05, 0) is 33.8 Å². The molecule has 1 aromatic carbocycles. The lowest BCUT2D eigenvalue weighted by Crippen LogP contribution is -2.11. The van der Waals surface area contributed by atoms with Crippen LogP contribution in [-0.2, 0) is 16.6 Å². The number of allylic oxidation sites excluding steroid dienone is 3. The maximum absolute atomic E-state index is 12.2. The highest BCUT2D eigenvalue weighted by Crippen LogP contribution is 2.34. The molecule has 20 heavy (non-hydrogen) atoms. The number of benzene rings is 1. The van der Waals surface area contributed by atoms with E-state index in [1.165, 1.54) is 5.56 Å². The molecule has 0 radical (unpaired) electrons. The molecule has 0 unspecified atom stereocenters. The van der Waals surface area contributed by atoms with Crippen LogP contribution in [0.25, 0.3) is 5.57 Å². The lowest BCUT2D eigenvalue weighted by molar-refractivity contribution is -0.112. The molecule has 0 saturated carbocycles. The maximum Gasteiger partial charge on any atom is 0.167 e. The molecule has 0 fully saturated rings. The summed E-state index contributed by atoms with van der Waals surface area (Å²) in [6, 6.07) is 6.43. The molecule has 0 bridgehead atoms. The van der Waals surface area contributed by atoms with Crippen molar-refractivity contribution in [1.82, 2.24) is 0 Å². The molecule has 1 aliphatic heterocycles. The summed E-state index contributed by atoms with van der Waals surface area (Å²) in [4.78, 5) is 16.3. The van der Waals surface area contributed by atoms with E-state index in [-0.39, 0.29) is 11.2 Å². The van der Waals surface area contributed by atoms with Gasteiger partial charge >= 0.3 is 0 Å². The predicted molar refractivity (Wildman–Crippen MR) is 83.0 cm³/mol. The van der Waals surface area contributed by atoms with Gasteiger partial charge in [0, 0.05) is 30.8 Å². The summed E-state index contributed by atoms with van der Waals surface area (Å²) in [5.74, 6) is 0.221. The maximum atomic E-state index is 12.2. The zero-order valence-corrected chi connectivity index (χ0v) is 12.2. The highest BCUT2D eigenvalue weighted by molar-refractivity contribution is 6.25. The van der Waals surface area contributed by atoms with Crippen LogP contribution in [0.4, 0.5) is 0 Å². The largest absolute Gasteiger partial charge is 0.294 e. The fourth-order valence-electron chi connectivity index (χ4n) is 2.69. The minimum atomic E-state index is 0.117. The second-order valence-electron chi connectivity index (χ2n) is 6.52. The van der Waals surface area contributed by atoms with E-state index in [1.54, 1.807) is 0 Å². The highest BCUT2D eigenvalue weighted by Gasteiger charge is 2.26. The molecule has 0 amide bonds. The number of rotatable bonds is 1. The summed E-state index contributed by atoms with van der Waals surface area (Å²) in [6.07, 6.45) is 7.06. The lowest BCUT2D eigenvalue weighted by Gasteiger charge is -2.19. The molecule has 1 aliphatic carbocycles. The molecule has 0 saturated heterocycles. The van der Waals surface area contributed by atoms with E-state index in [1.807, 2.05) is 18.5 Å². The molecule has 0 spiro atoms. The number of carbonyl (C=O) groups excluding carboxylic acids is 1. The van der Waals surface area contributed by atoms with Crippen LogP contribution < -0.4 is 0 Å². The Labute approximate surface area is 119 Å². The Morgan fingerprint density at radius 3 is 2.70 bits per heavy atom. The number of fused-ring (bicyclic) bond motifs is 1. The van der Waals surface area contributed by atoms with Crippen molar-refractivity contribution in [2.24, 2.45) is 4.99 Å². The Morgan fingerprint density at radius 1 is 1.25 bits per heavy atom. The van der Waals surface area contributed by atoms with E-state index in [0.29, 0.717) is 6.42 Å². The number of hydrogen-bond acceptors (Lipinski definition) is 2. The van der Waals surface area contributed by atoms with Crippen LogP contribution in [0.3, 0.4) is 0 Å². The van der Waals surface area contributed by atoms with Crippen LogP contribution in [0.2, 0.25) is 0 Å². The fourth-order valence-corrected chi connectivity index (χ4v) is 2.69. The van der Waals surface area contributed by atoms with Gasteiger partial charge in [-0.3, -0.25) is 9.79 Å². The summed E-state index contributed by atoms with van der Waals surface area (Å²) in [5.41, 5.74) is 5.61. The third-order valence-electron chi connectivity index (χ3n) is 3.92. The SMILES string of the molecule is CC(C)(C)c1ccc2c(c1)CC(=O)/C2=C\C1=CN=CC1. The van der Waals surface area contributed by atoms with Crippen molar-refractivity contribution < 1.29 is 4.79 Å².